The van der Waals surface area contributed by atoms with Crippen LogP contribution < -0.4 is 0 Å². The Bertz CT molecular complexity index is 561. The molecule has 0 saturated carbocycles. The van der Waals surface area contributed by atoms with Crippen LogP contribution in [0, 0.1) is 0 Å². The molecule has 0 atom stereocenters. The molecule has 0 aliphatic carbocycles. The molecule has 0 amide bonds. The van der Waals surface area contributed by atoms with Crippen LogP contribution in [0.4, 0.5) is 65.9 Å². The molecule has 0 saturated heterocycles. The molecular formula is C10H5F15O2. The van der Waals surface area contributed by atoms with E-state index in [1.807, 2.05) is 0 Å². The summed E-state index contributed by atoms with van der Waals surface area (Å²) < 4.78 is 194. The molecule has 2 nitrogen and oxygen atoms in total. The maximum Gasteiger partial charge on any atom is 0.460 e. The van der Waals surface area contributed by atoms with Crippen molar-refractivity contribution in [3.05, 3.63) is 0 Å². The lowest BCUT2D eigenvalue weighted by Crippen LogP contribution is -2.73. The standard InChI is InChI=1S/C10H5F15O2/c1-3(26)27-2-4(11,12)5(13,14)6(15,16)7(17,18)8(19,20)9(21,22)10(23,24)25/h2H2,1H3. The van der Waals surface area contributed by atoms with Gasteiger partial charge in [-0.3, -0.25) is 4.79 Å². The lowest BCUT2D eigenvalue weighted by Gasteiger charge is -2.41. The van der Waals surface area contributed by atoms with E-state index in [1.54, 1.807) is 0 Å². The number of carbonyl (C=O) groups excluding carboxylic acids is 1. The number of hydrogen-bond acceptors (Lipinski definition) is 2. The minimum Gasteiger partial charge on any atom is -0.459 e. The van der Waals surface area contributed by atoms with Gasteiger partial charge in [0.15, 0.2) is 6.61 Å². The zero-order chi connectivity index (χ0) is 22.5. The van der Waals surface area contributed by atoms with Crippen molar-refractivity contribution < 1.29 is 75.4 Å². The van der Waals surface area contributed by atoms with Crippen molar-refractivity contribution in [1.82, 2.24) is 0 Å². The van der Waals surface area contributed by atoms with Gasteiger partial charge in [-0.2, -0.15) is 65.9 Å². The summed E-state index contributed by atoms with van der Waals surface area (Å²) in [5, 5.41) is 0. The molecule has 0 heterocycles. The molecule has 0 aliphatic rings. The van der Waals surface area contributed by atoms with Crippen molar-refractivity contribution in [2.24, 2.45) is 0 Å². The lowest BCUT2D eigenvalue weighted by atomic mass is 9.91. The number of rotatable bonds is 7. The van der Waals surface area contributed by atoms with Crippen molar-refractivity contribution in [3.8, 4) is 0 Å². The average Bonchev–Trinajstić information content (AvgIpc) is 2.42. The molecule has 0 bridgehead atoms. The monoisotopic (exact) mass is 442 g/mol. The van der Waals surface area contributed by atoms with Crippen molar-refractivity contribution in [3.63, 3.8) is 0 Å². The van der Waals surface area contributed by atoms with Gasteiger partial charge in [0, 0.05) is 6.92 Å². The minimum atomic E-state index is -8.35. The molecule has 0 rings (SSSR count). The maximum absolute atomic E-state index is 13.1. The molecule has 162 valence electrons. The quantitative estimate of drug-likeness (QED) is 0.413. The average molecular weight is 442 g/mol. The smallest absolute Gasteiger partial charge is 0.459 e. The largest absolute Gasteiger partial charge is 0.460 e. The first-order valence-corrected chi connectivity index (χ1v) is 5.89. The topological polar surface area (TPSA) is 26.3 Å². The summed E-state index contributed by atoms with van der Waals surface area (Å²) in [7, 11) is 0. The highest BCUT2D eigenvalue weighted by Crippen LogP contribution is 2.62. The highest BCUT2D eigenvalue weighted by atomic mass is 19.4. The number of ether oxygens (including phenoxy) is 1. The van der Waals surface area contributed by atoms with Crippen LogP contribution in [0.3, 0.4) is 0 Å². The molecule has 0 radical (unpaired) electrons. The molecular weight excluding hydrogens is 437 g/mol. The zero-order valence-electron chi connectivity index (χ0n) is 12.2. The van der Waals surface area contributed by atoms with Crippen LogP contribution in [0.2, 0.25) is 0 Å². The Morgan fingerprint density at radius 1 is 0.593 bits per heavy atom. The van der Waals surface area contributed by atoms with E-state index in [1.165, 1.54) is 0 Å². The van der Waals surface area contributed by atoms with Gasteiger partial charge in [-0.15, -0.1) is 0 Å². The molecule has 0 aromatic heterocycles. The Kier molecular flexibility index (Phi) is 6.11. The second-order valence-corrected chi connectivity index (χ2v) is 4.85. The van der Waals surface area contributed by atoms with Crippen LogP contribution in [0.1, 0.15) is 6.92 Å². The maximum atomic E-state index is 13.1. The molecule has 0 aromatic carbocycles. The third-order valence-corrected chi connectivity index (χ3v) is 2.85. The Morgan fingerprint density at radius 3 is 1.19 bits per heavy atom. The summed E-state index contributed by atoms with van der Waals surface area (Å²) in [6, 6.07) is 0. The van der Waals surface area contributed by atoms with Crippen LogP contribution in [-0.4, -0.2) is 54.3 Å². The van der Waals surface area contributed by atoms with E-state index in [0.29, 0.717) is 0 Å². The summed E-state index contributed by atoms with van der Waals surface area (Å²) in [6.45, 7) is -2.87. The molecule has 17 heteroatoms. The molecule has 0 spiro atoms. The summed E-state index contributed by atoms with van der Waals surface area (Å²) in [5.41, 5.74) is 0. The Hall–Kier alpha value is -1.58. The van der Waals surface area contributed by atoms with Crippen molar-refractivity contribution >= 4 is 5.97 Å². The number of halogens is 15. The number of carbonyl (C=O) groups is 1. The third kappa shape index (κ3) is 3.60. The number of alkyl halides is 15. The Labute approximate surface area is 138 Å². The molecule has 0 aliphatic heterocycles. The fourth-order valence-corrected chi connectivity index (χ4v) is 1.28. The summed E-state index contributed by atoms with van der Waals surface area (Å²) in [4.78, 5) is 10.2. The van der Waals surface area contributed by atoms with Crippen LogP contribution in [0.25, 0.3) is 0 Å². The predicted octanol–water partition coefficient (Wildman–Crippen LogP) is 4.92. The highest BCUT2D eigenvalue weighted by Gasteiger charge is 2.93. The second-order valence-electron chi connectivity index (χ2n) is 4.85. The number of hydrogen-bond donors (Lipinski definition) is 0. The van der Waals surface area contributed by atoms with E-state index >= 15 is 0 Å². The van der Waals surface area contributed by atoms with E-state index < -0.39 is 54.3 Å². The van der Waals surface area contributed by atoms with Gasteiger partial charge in [-0.1, -0.05) is 0 Å². The van der Waals surface area contributed by atoms with Crippen LogP contribution in [0.15, 0.2) is 0 Å². The SMILES string of the molecule is CC(=O)OCC(F)(F)C(F)(F)C(F)(F)C(F)(F)C(F)(F)C(F)(F)C(F)(F)F. The lowest BCUT2D eigenvalue weighted by molar-refractivity contribution is -0.453. The number of esters is 1. The Morgan fingerprint density at radius 2 is 0.889 bits per heavy atom. The van der Waals surface area contributed by atoms with Crippen molar-refractivity contribution in [2.75, 3.05) is 6.61 Å². The van der Waals surface area contributed by atoms with Gasteiger partial charge >= 0.3 is 47.7 Å². The van der Waals surface area contributed by atoms with Gasteiger partial charge in [0.1, 0.15) is 0 Å². The second kappa shape index (κ2) is 6.49. The third-order valence-electron chi connectivity index (χ3n) is 2.85. The van der Waals surface area contributed by atoms with E-state index in [0.717, 1.165) is 0 Å². The molecule has 0 N–H and O–H groups in total. The van der Waals surface area contributed by atoms with E-state index in [9.17, 15) is 70.7 Å². The molecule has 0 aromatic rings. The van der Waals surface area contributed by atoms with Crippen molar-refractivity contribution in [1.29, 1.82) is 0 Å². The first-order chi connectivity index (χ1) is 11.4. The van der Waals surface area contributed by atoms with Gasteiger partial charge < -0.3 is 4.74 Å². The first kappa shape index (κ1) is 25.4. The van der Waals surface area contributed by atoms with Crippen molar-refractivity contribution in [2.45, 2.75) is 48.6 Å². The van der Waals surface area contributed by atoms with E-state index in [2.05, 4.69) is 4.74 Å². The van der Waals surface area contributed by atoms with E-state index in [4.69, 9.17) is 0 Å². The van der Waals surface area contributed by atoms with E-state index in [-0.39, 0.29) is 6.92 Å². The highest BCUT2D eigenvalue weighted by molar-refractivity contribution is 5.65. The first-order valence-electron chi connectivity index (χ1n) is 5.89. The fourth-order valence-electron chi connectivity index (χ4n) is 1.28. The van der Waals surface area contributed by atoms with Gasteiger partial charge in [0.2, 0.25) is 0 Å². The summed E-state index contributed by atoms with van der Waals surface area (Å²) >= 11 is 0. The zero-order valence-corrected chi connectivity index (χ0v) is 12.2. The normalized spacial score (nSPS) is 15.7. The molecule has 27 heavy (non-hydrogen) atoms. The molecule has 0 unspecified atom stereocenters. The van der Waals surface area contributed by atoms with Crippen LogP contribution in [-0.2, 0) is 9.53 Å². The van der Waals surface area contributed by atoms with Gasteiger partial charge in [-0.25, -0.2) is 0 Å². The van der Waals surface area contributed by atoms with Crippen LogP contribution >= 0.6 is 0 Å². The predicted molar refractivity (Wildman–Crippen MR) is 52.4 cm³/mol. The summed E-state index contributed by atoms with van der Waals surface area (Å²) in [5.74, 6) is -48.9. The summed E-state index contributed by atoms with van der Waals surface area (Å²) in [6.07, 6.45) is -7.65. The van der Waals surface area contributed by atoms with Crippen LogP contribution in [0.5, 0.6) is 0 Å². The van der Waals surface area contributed by atoms with Gasteiger partial charge in [0.25, 0.3) is 0 Å². The fraction of sp³-hybridized carbons (Fsp3) is 0.900. The van der Waals surface area contributed by atoms with Gasteiger partial charge in [-0.05, 0) is 0 Å². The minimum absolute atomic E-state index is 0.235. The Balaban J connectivity index is 6.34. The van der Waals surface area contributed by atoms with Gasteiger partial charge in [0.05, 0.1) is 0 Å². The molecule has 0 fully saturated rings.